The molecule has 98 valence electrons. The molecule has 0 fully saturated rings. The number of pyridine rings is 1. The van der Waals surface area contributed by atoms with Gasteiger partial charge in [0, 0.05) is 19.8 Å². The van der Waals surface area contributed by atoms with Gasteiger partial charge in [-0.1, -0.05) is 12.1 Å². The molecule has 0 bridgehead atoms. The zero-order valence-electron chi connectivity index (χ0n) is 10.5. The average Bonchev–Trinajstić information content (AvgIpc) is 2.46. The molecule has 0 atom stereocenters. The molecule has 2 rings (SSSR count). The van der Waals surface area contributed by atoms with E-state index in [1.165, 1.54) is 12.1 Å². The van der Waals surface area contributed by atoms with Gasteiger partial charge in [0.2, 0.25) is 0 Å². The summed E-state index contributed by atoms with van der Waals surface area (Å²) >= 11 is 0. The summed E-state index contributed by atoms with van der Waals surface area (Å²) in [5.74, 6) is 0.0145. The third kappa shape index (κ3) is 3.28. The van der Waals surface area contributed by atoms with Crippen molar-refractivity contribution in [3.05, 3.63) is 59.5 Å². The molecule has 1 amide bonds. The minimum atomic E-state index is -0.292. The number of aromatic nitrogens is 1. The summed E-state index contributed by atoms with van der Waals surface area (Å²) in [6.07, 6.45) is 1.61. The van der Waals surface area contributed by atoms with Crippen LogP contribution >= 0.6 is 0 Å². The zero-order valence-corrected chi connectivity index (χ0v) is 10.5. The quantitative estimate of drug-likeness (QED) is 0.885. The van der Waals surface area contributed by atoms with Crippen molar-refractivity contribution in [3.8, 4) is 0 Å². The summed E-state index contributed by atoms with van der Waals surface area (Å²) < 4.78 is 12.7. The predicted octanol–water partition coefficient (Wildman–Crippen LogP) is 2.19. The smallest absolute Gasteiger partial charge is 0.255 e. The van der Waals surface area contributed by atoms with Gasteiger partial charge in [-0.15, -0.1) is 0 Å². The zero-order chi connectivity index (χ0) is 13.7. The van der Waals surface area contributed by atoms with E-state index in [0.29, 0.717) is 17.9 Å². The lowest BCUT2D eigenvalue weighted by atomic mass is 10.2. The van der Waals surface area contributed by atoms with Crippen molar-refractivity contribution < 1.29 is 9.18 Å². The van der Waals surface area contributed by atoms with Gasteiger partial charge in [0.15, 0.2) is 0 Å². The Kier molecular flexibility index (Phi) is 4.07. The van der Waals surface area contributed by atoms with Crippen LogP contribution in [0.2, 0.25) is 0 Å². The van der Waals surface area contributed by atoms with Crippen molar-refractivity contribution >= 4 is 11.7 Å². The Balaban J connectivity index is 2.03. The van der Waals surface area contributed by atoms with Crippen molar-refractivity contribution in [3.63, 3.8) is 0 Å². The molecule has 0 aliphatic carbocycles. The van der Waals surface area contributed by atoms with E-state index in [1.54, 1.807) is 37.5 Å². The molecule has 1 aromatic heterocycles. The second-order valence-electron chi connectivity index (χ2n) is 3.96. The van der Waals surface area contributed by atoms with Crippen LogP contribution in [0.25, 0.3) is 0 Å². The van der Waals surface area contributed by atoms with Gasteiger partial charge in [-0.2, -0.15) is 0 Å². The highest BCUT2D eigenvalue weighted by atomic mass is 19.1. The van der Waals surface area contributed by atoms with Crippen LogP contribution in [0.15, 0.2) is 42.6 Å². The van der Waals surface area contributed by atoms with Gasteiger partial charge in [-0.25, -0.2) is 9.37 Å². The Morgan fingerprint density at radius 2 is 2.00 bits per heavy atom. The van der Waals surface area contributed by atoms with E-state index < -0.39 is 0 Å². The monoisotopic (exact) mass is 259 g/mol. The summed E-state index contributed by atoms with van der Waals surface area (Å²) in [6.45, 7) is 0.344. The molecule has 1 aromatic carbocycles. The number of hydrogen-bond acceptors (Lipinski definition) is 3. The number of amides is 1. The standard InChI is InChI=1S/C14H14FN3O/c1-16-13-12(3-2-8-17-13)14(19)18-9-10-4-6-11(15)7-5-10/h2-8H,9H2,1H3,(H,16,17)(H,18,19). The maximum Gasteiger partial charge on any atom is 0.255 e. The second kappa shape index (κ2) is 5.95. The van der Waals surface area contributed by atoms with Crippen LogP contribution < -0.4 is 10.6 Å². The van der Waals surface area contributed by atoms with E-state index in [-0.39, 0.29) is 11.7 Å². The first-order chi connectivity index (χ1) is 9.20. The van der Waals surface area contributed by atoms with Crippen LogP contribution in [-0.2, 0) is 6.54 Å². The molecule has 0 unspecified atom stereocenters. The van der Waals surface area contributed by atoms with Crippen molar-refractivity contribution in [1.82, 2.24) is 10.3 Å². The first kappa shape index (κ1) is 13.0. The number of rotatable bonds is 4. The number of nitrogens with one attached hydrogen (secondary N) is 2. The molecule has 2 N–H and O–H groups in total. The molecule has 5 heteroatoms. The van der Waals surface area contributed by atoms with E-state index in [4.69, 9.17) is 0 Å². The lowest BCUT2D eigenvalue weighted by Gasteiger charge is -2.08. The Hall–Kier alpha value is -2.43. The molecular weight excluding hydrogens is 245 g/mol. The van der Waals surface area contributed by atoms with E-state index in [1.807, 2.05) is 0 Å². The molecule has 2 aromatic rings. The molecule has 4 nitrogen and oxygen atoms in total. The molecule has 0 saturated carbocycles. The van der Waals surface area contributed by atoms with E-state index in [0.717, 1.165) is 5.56 Å². The first-order valence-electron chi connectivity index (χ1n) is 5.86. The number of carbonyl (C=O) groups excluding carboxylic acids is 1. The van der Waals surface area contributed by atoms with Gasteiger partial charge in [0.05, 0.1) is 5.56 Å². The van der Waals surface area contributed by atoms with Crippen molar-refractivity contribution in [2.45, 2.75) is 6.54 Å². The second-order valence-corrected chi connectivity index (χ2v) is 3.96. The highest BCUT2D eigenvalue weighted by molar-refractivity contribution is 5.98. The number of halogens is 1. The Morgan fingerprint density at radius 3 is 2.68 bits per heavy atom. The summed E-state index contributed by atoms with van der Waals surface area (Å²) in [4.78, 5) is 16.1. The first-order valence-corrected chi connectivity index (χ1v) is 5.86. The normalized spacial score (nSPS) is 10.0. The van der Waals surface area contributed by atoms with E-state index in [9.17, 15) is 9.18 Å². The maximum absolute atomic E-state index is 12.7. The third-order valence-electron chi connectivity index (χ3n) is 2.66. The third-order valence-corrected chi connectivity index (χ3v) is 2.66. The number of benzene rings is 1. The van der Waals surface area contributed by atoms with Crippen LogP contribution in [0.4, 0.5) is 10.2 Å². The molecule has 0 saturated heterocycles. The summed E-state index contributed by atoms with van der Waals surface area (Å²) in [5, 5.41) is 5.63. The Bertz CT molecular complexity index is 569. The Morgan fingerprint density at radius 1 is 1.26 bits per heavy atom. The molecule has 1 heterocycles. The van der Waals surface area contributed by atoms with Gasteiger partial charge in [0.25, 0.3) is 5.91 Å². The van der Waals surface area contributed by atoms with E-state index >= 15 is 0 Å². The maximum atomic E-state index is 12.7. The topological polar surface area (TPSA) is 54.0 Å². The number of hydrogen-bond donors (Lipinski definition) is 2. The fourth-order valence-electron chi connectivity index (χ4n) is 1.67. The van der Waals surface area contributed by atoms with Crippen molar-refractivity contribution in [2.24, 2.45) is 0 Å². The SMILES string of the molecule is CNc1ncccc1C(=O)NCc1ccc(F)cc1. The summed E-state index contributed by atoms with van der Waals surface area (Å²) in [6, 6.07) is 9.40. The largest absolute Gasteiger partial charge is 0.372 e. The predicted molar refractivity (Wildman–Crippen MR) is 71.4 cm³/mol. The minimum Gasteiger partial charge on any atom is -0.372 e. The fraction of sp³-hybridized carbons (Fsp3) is 0.143. The van der Waals surface area contributed by atoms with Crippen LogP contribution in [0.1, 0.15) is 15.9 Å². The molecular formula is C14H14FN3O. The number of carbonyl (C=O) groups is 1. The molecule has 0 radical (unpaired) electrons. The van der Waals surface area contributed by atoms with Gasteiger partial charge in [-0.05, 0) is 29.8 Å². The van der Waals surface area contributed by atoms with Crippen LogP contribution in [-0.4, -0.2) is 17.9 Å². The minimum absolute atomic E-state index is 0.221. The van der Waals surface area contributed by atoms with Gasteiger partial charge in [-0.3, -0.25) is 4.79 Å². The molecule has 19 heavy (non-hydrogen) atoms. The fourth-order valence-corrected chi connectivity index (χ4v) is 1.67. The summed E-state index contributed by atoms with van der Waals surface area (Å²) in [7, 11) is 1.71. The highest BCUT2D eigenvalue weighted by Gasteiger charge is 2.10. The van der Waals surface area contributed by atoms with E-state index in [2.05, 4.69) is 15.6 Å². The van der Waals surface area contributed by atoms with Gasteiger partial charge < -0.3 is 10.6 Å². The lowest BCUT2D eigenvalue weighted by Crippen LogP contribution is -2.24. The number of nitrogens with zero attached hydrogens (tertiary/aromatic N) is 1. The lowest BCUT2D eigenvalue weighted by molar-refractivity contribution is 0.0951. The van der Waals surface area contributed by atoms with Crippen molar-refractivity contribution in [2.75, 3.05) is 12.4 Å². The van der Waals surface area contributed by atoms with Crippen LogP contribution in [0, 0.1) is 5.82 Å². The van der Waals surface area contributed by atoms with Gasteiger partial charge >= 0.3 is 0 Å². The highest BCUT2D eigenvalue weighted by Crippen LogP contribution is 2.10. The number of anilines is 1. The van der Waals surface area contributed by atoms with Crippen LogP contribution in [0.5, 0.6) is 0 Å². The van der Waals surface area contributed by atoms with Crippen LogP contribution in [0.3, 0.4) is 0 Å². The van der Waals surface area contributed by atoms with Crippen molar-refractivity contribution in [1.29, 1.82) is 0 Å². The van der Waals surface area contributed by atoms with Gasteiger partial charge in [0.1, 0.15) is 11.6 Å². The molecule has 0 spiro atoms. The Labute approximate surface area is 110 Å². The molecule has 0 aliphatic rings. The summed E-state index contributed by atoms with van der Waals surface area (Å²) in [5.41, 5.74) is 1.32. The molecule has 0 aliphatic heterocycles. The average molecular weight is 259 g/mol.